The van der Waals surface area contributed by atoms with Crippen LogP contribution in [0.3, 0.4) is 0 Å². The molecule has 29 heavy (non-hydrogen) atoms. The second kappa shape index (κ2) is 8.37. The lowest BCUT2D eigenvalue weighted by atomic mass is 9.66. The Labute approximate surface area is 181 Å². The average Bonchev–Trinajstić information content (AvgIpc) is 3.10. The summed E-state index contributed by atoms with van der Waals surface area (Å²) in [6.45, 7) is 2.83. The fourth-order valence-electron chi connectivity index (χ4n) is 4.55. The molecule has 1 fully saturated rings. The first-order chi connectivity index (χ1) is 14.0. The maximum atomic E-state index is 13.0. The number of anilines is 1. The Morgan fingerprint density at radius 1 is 1.00 bits per heavy atom. The van der Waals surface area contributed by atoms with Gasteiger partial charge in [0, 0.05) is 21.1 Å². The molecule has 4 rings (SSSR count). The molecule has 2 aliphatic rings. The van der Waals surface area contributed by atoms with Crippen molar-refractivity contribution < 1.29 is 4.79 Å². The molecule has 0 bridgehead atoms. The van der Waals surface area contributed by atoms with Crippen molar-refractivity contribution >= 4 is 40.6 Å². The van der Waals surface area contributed by atoms with Crippen molar-refractivity contribution in [2.75, 3.05) is 11.9 Å². The highest BCUT2D eigenvalue weighted by Gasteiger charge is 2.46. The van der Waals surface area contributed by atoms with Crippen LogP contribution in [0.2, 0.25) is 10.0 Å². The lowest BCUT2D eigenvalue weighted by molar-refractivity contribution is 0.169. The molecule has 1 aliphatic carbocycles. The van der Waals surface area contributed by atoms with E-state index in [9.17, 15) is 4.79 Å². The van der Waals surface area contributed by atoms with Crippen LogP contribution in [-0.2, 0) is 0 Å². The number of urea groups is 1. The quantitative estimate of drug-likeness (QED) is 0.570. The molecule has 2 aromatic carbocycles. The van der Waals surface area contributed by atoms with Crippen molar-refractivity contribution in [3.63, 3.8) is 0 Å². The molecule has 1 aliphatic heterocycles. The lowest BCUT2D eigenvalue weighted by Gasteiger charge is -2.37. The standard InChI is InChI=1S/C23H25Cl2N3O/c1-23(17-5-3-2-4-6-17)15-28(22(29)26-20-13-11-19(25)12-14-20)27-21(23)16-7-9-18(24)10-8-16/h7-14,17H,2-6,15H2,1H3,(H,26,29). The fraction of sp³-hybridized carbons (Fsp3) is 0.391. The Morgan fingerprint density at radius 3 is 2.21 bits per heavy atom. The summed E-state index contributed by atoms with van der Waals surface area (Å²) in [6.07, 6.45) is 6.13. The van der Waals surface area contributed by atoms with E-state index in [1.807, 2.05) is 24.3 Å². The molecule has 4 nitrogen and oxygen atoms in total. The molecular weight excluding hydrogens is 405 g/mol. The van der Waals surface area contributed by atoms with E-state index in [1.54, 1.807) is 29.3 Å². The maximum absolute atomic E-state index is 13.0. The number of carbonyl (C=O) groups is 1. The fourth-order valence-corrected chi connectivity index (χ4v) is 4.80. The highest BCUT2D eigenvalue weighted by Crippen LogP contribution is 2.45. The van der Waals surface area contributed by atoms with E-state index in [0.717, 1.165) is 11.3 Å². The van der Waals surface area contributed by atoms with Crippen LogP contribution in [0.4, 0.5) is 10.5 Å². The van der Waals surface area contributed by atoms with Gasteiger partial charge in [-0.3, -0.25) is 0 Å². The summed E-state index contributed by atoms with van der Waals surface area (Å²) in [6, 6.07) is 14.7. The number of nitrogens with zero attached hydrogens (tertiary/aromatic N) is 2. The van der Waals surface area contributed by atoms with Crippen molar-refractivity contribution in [2.24, 2.45) is 16.4 Å². The van der Waals surface area contributed by atoms with E-state index in [0.29, 0.717) is 28.2 Å². The second-order valence-electron chi connectivity index (χ2n) is 8.20. The van der Waals surface area contributed by atoms with Gasteiger partial charge in [0.25, 0.3) is 0 Å². The first-order valence-electron chi connectivity index (χ1n) is 10.1. The Balaban J connectivity index is 1.62. The topological polar surface area (TPSA) is 44.7 Å². The summed E-state index contributed by atoms with van der Waals surface area (Å²) < 4.78 is 0. The first kappa shape index (κ1) is 20.2. The number of nitrogens with one attached hydrogen (secondary N) is 1. The van der Waals surface area contributed by atoms with Crippen LogP contribution in [0.25, 0.3) is 0 Å². The van der Waals surface area contributed by atoms with Gasteiger partial charge in [0.15, 0.2) is 0 Å². The van der Waals surface area contributed by atoms with E-state index < -0.39 is 0 Å². The van der Waals surface area contributed by atoms with Crippen molar-refractivity contribution in [1.82, 2.24) is 5.01 Å². The normalized spacial score (nSPS) is 22.4. The molecule has 1 unspecified atom stereocenters. The zero-order chi connectivity index (χ0) is 20.4. The summed E-state index contributed by atoms with van der Waals surface area (Å²) >= 11 is 12.0. The number of hydrazone groups is 1. The van der Waals surface area contributed by atoms with Gasteiger partial charge in [-0.1, -0.05) is 61.5 Å². The van der Waals surface area contributed by atoms with Crippen LogP contribution in [-0.4, -0.2) is 23.3 Å². The Hall–Kier alpha value is -2.04. The molecule has 0 spiro atoms. The average molecular weight is 430 g/mol. The van der Waals surface area contributed by atoms with Crippen LogP contribution in [0.5, 0.6) is 0 Å². The molecule has 1 heterocycles. The van der Waals surface area contributed by atoms with Gasteiger partial charge >= 0.3 is 6.03 Å². The van der Waals surface area contributed by atoms with Crippen LogP contribution in [0.15, 0.2) is 53.6 Å². The molecule has 0 saturated heterocycles. The van der Waals surface area contributed by atoms with Gasteiger partial charge in [-0.05, 0) is 60.7 Å². The third-order valence-corrected chi connectivity index (χ3v) is 6.70. The number of halogens is 2. The second-order valence-corrected chi connectivity index (χ2v) is 9.08. The van der Waals surface area contributed by atoms with E-state index in [4.69, 9.17) is 28.3 Å². The summed E-state index contributed by atoms with van der Waals surface area (Å²) in [5.41, 5.74) is 2.54. The summed E-state index contributed by atoms with van der Waals surface area (Å²) in [5, 5.41) is 10.6. The van der Waals surface area contributed by atoms with Gasteiger partial charge in [0.1, 0.15) is 0 Å². The van der Waals surface area contributed by atoms with Crippen molar-refractivity contribution in [3.8, 4) is 0 Å². The molecule has 152 valence electrons. The molecular formula is C23H25Cl2N3O. The van der Waals surface area contributed by atoms with Crippen molar-refractivity contribution in [1.29, 1.82) is 0 Å². The molecule has 6 heteroatoms. The number of rotatable bonds is 3. The smallest absolute Gasteiger partial charge is 0.306 e. The van der Waals surface area contributed by atoms with Crippen LogP contribution in [0, 0.1) is 11.3 Å². The number of carbonyl (C=O) groups excluding carboxylic acids is 1. The monoisotopic (exact) mass is 429 g/mol. The largest absolute Gasteiger partial charge is 0.342 e. The minimum Gasteiger partial charge on any atom is -0.306 e. The Bertz CT molecular complexity index is 905. The highest BCUT2D eigenvalue weighted by atomic mass is 35.5. The van der Waals surface area contributed by atoms with Crippen molar-refractivity contribution in [2.45, 2.75) is 39.0 Å². The van der Waals surface area contributed by atoms with Gasteiger partial charge in [-0.25, -0.2) is 9.80 Å². The zero-order valence-electron chi connectivity index (χ0n) is 16.5. The predicted octanol–water partition coefficient (Wildman–Crippen LogP) is 6.83. The molecule has 2 amide bonds. The minimum atomic E-state index is -0.224. The molecule has 0 radical (unpaired) electrons. The van der Waals surface area contributed by atoms with Gasteiger partial charge in [0.05, 0.1) is 12.3 Å². The number of hydrogen-bond acceptors (Lipinski definition) is 2. The van der Waals surface area contributed by atoms with E-state index in [-0.39, 0.29) is 11.4 Å². The third-order valence-electron chi connectivity index (χ3n) is 6.19. The minimum absolute atomic E-state index is 0.175. The van der Waals surface area contributed by atoms with E-state index in [1.165, 1.54) is 32.1 Å². The van der Waals surface area contributed by atoms with Crippen LogP contribution < -0.4 is 5.32 Å². The summed E-state index contributed by atoms with van der Waals surface area (Å²) in [5.74, 6) is 0.513. The number of amides is 2. The molecule has 1 saturated carbocycles. The van der Waals surface area contributed by atoms with Gasteiger partial charge < -0.3 is 5.32 Å². The summed E-state index contributed by atoms with van der Waals surface area (Å²) in [7, 11) is 0. The molecule has 1 atom stereocenters. The maximum Gasteiger partial charge on any atom is 0.342 e. The summed E-state index contributed by atoms with van der Waals surface area (Å²) in [4.78, 5) is 13.0. The Kier molecular flexibility index (Phi) is 5.84. The Morgan fingerprint density at radius 2 is 1.59 bits per heavy atom. The predicted molar refractivity (Wildman–Crippen MR) is 120 cm³/mol. The van der Waals surface area contributed by atoms with Crippen LogP contribution in [0.1, 0.15) is 44.6 Å². The highest BCUT2D eigenvalue weighted by molar-refractivity contribution is 6.31. The molecule has 1 N–H and O–H groups in total. The first-order valence-corrected chi connectivity index (χ1v) is 10.9. The molecule has 0 aromatic heterocycles. The van der Waals surface area contributed by atoms with Crippen LogP contribution >= 0.6 is 23.2 Å². The lowest BCUT2D eigenvalue weighted by Crippen LogP contribution is -2.41. The van der Waals surface area contributed by atoms with Gasteiger partial charge in [0.2, 0.25) is 0 Å². The zero-order valence-corrected chi connectivity index (χ0v) is 18.0. The number of hydrogen-bond donors (Lipinski definition) is 1. The SMILES string of the molecule is CC1(C2CCCCC2)CN(C(=O)Nc2ccc(Cl)cc2)N=C1c1ccc(Cl)cc1. The van der Waals surface area contributed by atoms with Gasteiger partial charge in [-0.2, -0.15) is 5.10 Å². The van der Waals surface area contributed by atoms with E-state index in [2.05, 4.69) is 12.2 Å². The number of benzene rings is 2. The van der Waals surface area contributed by atoms with Crippen molar-refractivity contribution in [3.05, 3.63) is 64.1 Å². The van der Waals surface area contributed by atoms with E-state index >= 15 is 0 Å². The third kappa shape index (κ3) is 4.29. The van der Waals surface area contributed by atoms with Gasteiger partial charge in [-0.15, -0.1) is 0 Å². The molecule has 2 aromatic rings.